The average molecular weight is 317 g/mol. The van der Waals surface area contributed by atoms with Gasteiger partial charge in [0.05, 0.1) is 12.4 Å². The molecule has 5 heteroatoms. The Morgan fingerprint density at radius 1 is 1.14 bits per heavy atom. The van der Waals surface area contributed by atoms with Crippen LogP contribution >= 0.6 is 0 Å². The second-order valence-corrected chi connectivity index (χ2v) is 9.32. The van der Waals surface area contributed by atoms with Gasteiger partial charge in [-0.15, -0.1) is 0 Å². The topological polar surface area (TPSA) is 55.4 Å². The first kappa shape index (κ1) is 17.2. The SMILES string of the molecule is CCC(C)(C)C1CCC(NS(=O)(=O)CC2CCOC2)CC1. The lowest BCUT2D eigenvalue weighted by atomic mass is 9.69. The van der Waals surface area contributed by atoms with E-state index in [1.54, 1.807) is 0 Å². The molecule has 1 aliphatic carbocycles. The van der Waals surface area contributed by atoms with Crippen molar-refractivity contribution >= 4 is 10.0 Å². The summed E-state index contributed by atoms with van der Waals surface area (Å²) < 4.78 is 32.6. The highest BCUT2D eigenvalue weighted by Gasteiger charge is 2.33. The molecule has 1 N–H and O–H groups in total. The van der Waals surface area contributed by atoms with E-state index >= 15 is 0 Å². The van der Waals surface area contributed by atoms with Gasteiger partial charge in [-0.1, -0.05) is 27.2 Å². The molecule has 2 fully saturated rings. The molecule has 2 aliphatic rings. The molecule has 0 aromatic carbocycles. The summed E-state index contributed by atoms with van der Waals surface area (Å²) in [6.45, 7) is 8.22. The standard InChI is InChI=1S/C16H31NO3S/c1-4-16(2,3)14-5-7-15(8-6-14)17-21(18,19)12-13-9-10-20-11-13/h13-15,17H,4-12H2,1-3H3. The number of ether oxygens (including phenoxy) is 1. The van der Waals surface area contributed by atoms with Crippen LogP contribution < -0.4 is 4.72 Å². The molecular formula is C16H31NO3S. The molecule has 1 heterocycles. The third-order valence-corrected chi connectivity index (χ3v) is 7.17. The van der Waals surface area contributed by atoms with E-state index in [1.807, 2.05) is 0 Å². The molecule has 21 heavy (non-hydrogen) atoms. The third kappa shape index (κ3) is 4.93. The van der Waals surface area contributed by atoms with E-state index in [2.05, 4.69) is 25.5 Å². The first-order valence-corrected chi connectivity index (χ1v) is 10.1. The summed E-state index contributed by atoms with van der Waals surface area (Å²) in [4.78, 5) is 0. The zero-order valence-electron chi connectivity index (χ0n) is 13.7. The van der Waals surface area contributed by atoms with Crippen LogP contribution in [0.15, 0.2) is 0 Å². The number of hydrogen-bond donors (Lipinski definition) is 1. The molecule has 1 aliphatic heterocycles. The minimum atomic E-state index is -3.15. The Kier molecular flexibility index (Phi) is 5.71. The summed E-state index contributed by atoms with van der Waals surface area (Å²) in [5, 5.41) is 0. The zero-order valence-corrected chi connectivity index (χ0v) is 14.5. The Labute approximate surface area is 130 Å². The lowest BCUT2D eigenvalue weighted by Gasteiger charge is -2.39. The number of nitrogens with one attached hydrogen (secondary N) is 1. The molecule has 0 aromatic heterocycles. The van der Waals surface area contributed by atoms with Crippen molar-refractivity contribution in [3.8, 4) is 0 Å². The molecule has 1 unspecified atom stereocenters. The van der Waals surface area contributed by atoms with Gasteiger partial charge in [0, 0.05) is 12.6 Å². The summed E-state index contributed by atoms with van der Waals surface area (Å²) in [6.07, 6.45) is 6.30. The van der Waals surface area contributed by atoms with Crippen LogP contribution in [0.4, 0.5) is 0 Å². The maximum absolute atomic E-state index is 12.2. The third-order valence-electron chi connectivity index (χ3n) is 5.57. The second kappa shape index (κ2) is 6.97. The van der Waals surface area contributed by atoms with Crippen LogP contribution in [0.25, 0.3) is 0 Å². The Bertz CT molecular complexity index is 419. The molecule has 0 aromatic rings. The van der Waals surface area contributed by atoms with Gasteiger partial charge < -0.3 is 4.74 Å². The Morgan fingerprint density at radius 3 is 2.33 bits per heavy atom. The summed E-state index contributed by atoms with van der Waals surface area (Å²) in [5.74, 6) is 1.14. The fourth-order valence-corrected chi connectivity index (χ4v) is 5.33. The zero-order chi connectivity index (χ0) is 15.5. The van der Waals surface area contributed by atoms with Crippen LogP contribution in [-0.4, -0.2) is 33.4 Å². The van der Waals surface area contributed by atoms with Gasteiger partial charge in [-0.3, -0.25) is 0 Å². The van der Waals surface area contributed by atoms with Gasteiger partial charge in [0.25, 0.3) is 0 Å². The highest BCUT2D eigenvalue weighted by molar-refractivity contribution is 7.89. The molecule has 124 valence electrons. The lowest BCUT2D eigenvalue weighted by molar-refractivity contribution is 0.142. The Hall–Kier alpha value is -0.130. The first-order chi connectivity index (χ1) is 9.82. The molecule has 1 saturated heterocycles. The van der Waals surface area contributed by atoms with E-state index in [0.29, 0.717) is 18.6 Å². The van der Waals surface area contributed by atoms with E-state index in [4.69, 9.17) is 4.74 Å². The predicted molar refractivity (Wildman–Crippen MR) is 85.7 cm³/mol. The van der Waals surface area contributed by atoms with Crippen molar-refractivity contribution in [1.29, 1.82) is 0 Å². The van der Waals surface area contributed by atoms with Crippen LogP contribution in [0.1, 0.15) is 59.3 Å². The number of rotatable bonds is 6. The molecule has 1 saturated carbocycles. The molecule has 0 bridgehead atoms. The molecule has 0 spiro atoms. The highest BCUT2D eigenvalue weighted by atomic mass is 32.2. The van der Waals surface area contributed by atoms with Crippen LogP contribution in [-0.2, 0) is 14.8 Å². The van der Waals surface area contributed by atoms with Gasteiger partial charge in [-0.25, -0.2) is 13.1 Å². The fraction of sp³-hybridized carbons (Fsp3) is 1.00. The van der Waals surface area contributed by atoms with Gasteiger partial charge in [-0.2, -0.15) is 0 Å². The predicted octanol–water partition coefficient (Wildman–Crippen LogP) is 2.94. The molecule has 2 rings (SSSR count). The van der Waals surface area contributed by atoms with E-state index in [0.717, 1.165) is 38.0 Å². The van der Waals surface area contributed by atoms with E-state index in [-0.39, 0.29) is 17.7 Å². The highest BCUT2D eigenvalue weighted by Crippen LogP contribution is 2.40. The number of sulfonamides is 1. The van der Waals surface area contributed by atoms with Gasteiger partial charge in [0.15, 0.2) is 0 Å². The Balaban J connectivity index is 1.80. The quantitative estimate of drug-likeness (QED) is 0.819. The van der Waals surface area contributed by atoms with Crippen molar-refractivity contribution in [2.75, 3.05) is 19.0 Å². The molecular weight excluding hydrogens is 286 g/mol. The average Bonchev–Trinajstić information content (AvgIpc) is 2.91. The second-order valence-electron chi connectivity index (χ2n) is 7.52. The minimum absolute atomic E-state index is 0.140. The fourth-order valence-electron chi connectivity index (χ4n) is 3.61. The summed E-state index contributed by atoms with van der Waals surface area (Å²) in [7, 11) is -3.15. The maximum Gasteiger partial charge on any atom is 0.212 e. The van der Waals surface area contributed by atoms with E-state index < -0.39 is 10.0 Å². The van der Waals surface area contributed by atoms with Crippen LogP contribution in [0.3, 0.4) is 0 Å². The van der Waals surface area contributed by atoms with E-state index in [1.165, 1.54) is 6.42 Å². The summed E-state index contributed by atoms with van der Waals surface area (Å²) in [5.41, 5.74) is 0.380. The van der Waals surface area contributed by atoms with Crippen molar-refractivity contribution in [2.45, 2.75) is 65.3 Å². The first-order valence-electron chi connectivity index (χ1n) is 8.40. The molecule has 0 amide bonds. The van der Waals surface area contributed by atoms with Gasteiger partial charge in [0.2, 0.25) is 10.0 Å². The van der Waals surface area contributed by atoms with Crippen LogP contribution in [0.5, 0.6) is 0 Å². The largest absolute Gasteiger partial charge is 0.381 e. The normalized spacial score (nSPS) is 31.5. The van der Waals surface area contributed by atoms with Crippen molar-refractivity contribution < 1.29 is 13.2 Å². The van der Waals surface area contributed by atoms with Crippen molar-refractivity contribution in [3.05, 3.63) is 0 Å². The van der Waals surface area contributed by atoms with Crippen LogP contribution in [0, 0.1) is 17.3 Å². The monoisotopic (exact) mass is 317 g/mol. The molecule has 4 nitrogen and oxygen atoms in total. The van der Waals surface area contributed by atoms with Gasteiger partial charge in [-0.05, 0) is 49.4 Å². The molecule has 1 atom stereocenters. The van der Waals surface area contributed by atoms with Crippen LogP contribution in [0.2, 0.25) is 0 Å². The smallest absolute Gasteiger partial charge is 0.212 e. The minimum Gasteiger partial charge on any atom is -0.381 e. The van der Waals surface area contributed by atoms with Gasteiger partial charge in [0.1, 0.15) is 0 Å². The van der Waals surface area contributed by atoms with Gasteiger partial charge >= 0.3 is 0 Å². The van der Waals surface area contributed by atoms with Crippen molar-refractivity contribution in [3.63, 3.8) is 0 Å². The molecule has 0 radical (unpaired) electrons. The van der Waals surface area contributed by atoms with E-state index in [9.17, 15) is 8.42 Å². The summed E-state index contributed by atoms with van der Waals surface area (Å²) >= 11 is 0. The summed E-state index contributed by atoms with van der Waals surface area (Å²) in [6, 6.07) is 0.140. The lowest BCUT2D eigenvalue weighted by Crippen LogP contribution is -2.41. The Morgan fingerprint density at radius 2 is 1.81 bits per heavy atom. The number of hydrogen-bond acceptors (Lipinski definition) is 3. The van der Waals surface area contributed by atoms with Crippen molar-refractivity contribution in [2.24, 2.45) is 17.3 Å². The van der Waals surface area contributed by atoms with Crippen molar-refractivity contribution in [1.82, 2.24) is 4.72 Å². The maximum atomic E-state index is 12.2.